The van der Waals surface area contributed by atoms with Crippen molar-refractivity contribution in [2.24, 2.45) is 0 Å². The lowest BCUT2D eigenvalue weighted by molar-refractivity contribution is -0.126. The molecule has 0 saturated carbocycles. The first-order chi connectivity index (χ1) is 20.1. The van der Waals surface area contributed by atoms with Crippen molar-refractivity contribution in [1.29, 1.82) is 0 Å². The Morgan fingerprint density at radius 2 is 1.98 bits per heavy atom. The number of piperazine rings is 1. The molecule has 6 rings (SSSR count). The number of carbonyl (C=O) groups excluding carboxylic acids is 1. The third kappa shape index (κ3) is 5.44. The maximum atomic E-state index is 12.4. The molecule has 2 aromatic carbocycles. The molecule has 1 amide bonds. The van der Waals surface area contributed by atoms with Crippen molar-refractivity contribution in [2.45, 2.75) is 37.9 Å². The number of rotatable bonds is 7. The predicted octanol–water partition coefficient (Wildman–Crippen LogP) is 3.79. The first-order valence-electron chi connectivity index (χ1n) is 14.5. The van der Waals surface area contributed by atoms with Crippen LogP contribution in [0.4, 0.5) is 11.5 Å². The third-order valence-electron chi connectivity index (χ3n) is 8.75. The van der Waals surface area contributed by atoms with E-state index in [1.54, 1.807) is 4.90 Å². The molecule has 3 aromatic rings. The Balaban J connectivity index is 1.35. The van der Waals surface area contributed by atoms with E-state index in [0.717, 1.165) is 43.0 Å². The molecule has 9 heteroatoms. The molecule has 0 bridgehead atoms. The molecule has 1 unspecified atom stereocenters. The standard InChI is InChI=1S/C32H37N7O2/c1-4-30(40)38-17-18-39(25(20-38)19-33-2)31-27-14-16-37(29-13-7-10-23-9-5-6-12-26(23)29)21-28(27)34-32(35-31)41-22-24-11-8-15-36(24)3/h4-7,9-10,12-13,24-25H,1,8,11,14-22H2,3H3/t24-,25?/m0/s1. The molecule has 0 spiro atoms. The lowest BCUT2D eigenvalue weighted by atomic mass is 10.0. The molecule has 41 heavy (non-hydrogen) atoms. The quantitative estimate of drug-likeness (QED) is 0.327. The smallest absolute Gasteiger partial charge is 0.318 e. The minimum atomic E-state index is -0.158. The van der Waals surface area contributed by atoms with E-state index in [2.05, 4.69) is 75.6 Å². The monoisotopic (exact) mass is 551 g/mol. The molecule has 3 aliphatic rings. The number of hydrogen-bond donors (Lipinski definition) is 0. The Morgan fingerprint density at radius 1 is 1.12 bits per heavy atom. The van der Waals surface area contributed by atoms with Crippen molar-refractivity contribution >= 4 is 28.2 Å². The van der Waals surface area contributed by atoms with Gasteiger partial charge in [0.15, 0.2) is 0 Å². The van der Waals surface area contributed by atoms with E-state index in [9.17, 15) is 4.79 Å². The number of ether oxygens (including phenoxy) is 1. The van der Waals surface area contributed by atoms with E-state index in [-0.39, 0.29) is 18.5 Å². The highest BCUT2D eigenvalue weighted by atomic mass is 16.5. The fourth-order valence-corrected chi connectivity index (χ4v) is 6.47. The second kappa shape index (κ2) is 11.8. The van der Waals surface area contributed by atoms with Crippen LogP contribution in [0.5, 0.6) is 6.01 Å². The molecule has 0 radical (unpaired) electrons. The third-order valence-corrected chi connectivity index (χ3v) is 8.75. The van der Waals surface area contributed by atoms with Gasteiger partial charge in [-0.3, -0.25) is 4.79 Å². The zero-order valence-corrected chi connectivity index (χ0v) is 23.7. The van der Waals surface area contributed by atoms with E-state index in [1.807, 2.05) is 0 Å². The summed E-state index contributed by atoms with van der Waals surface area (Å²) in [5.74, 6) is 0.751. The van der Waals surface area contributed by atoms with Crippen molar-refractivity contribution in [3.05, 3.63) is 77.8 Å². The van der Waals surface area contributed by atoms with Crippen LogP contribution in [-0.4, -0.2) is 90.7 Å². The maximum absolute atomic E-state index is 12.4. The molecule has 2 fully saturated rings. The molecule has 4 heterocycles. The molecule has 1 aromatic heterocycles. The second-order valence-electron chi connectivity index (χ2n) is 11.2. The highest BCUT2D eigenvalue weighted by molar-refractivity contribution is 5.94. The Bertz CT molecular complexity index is 1480. The number of anilines is 2. The van der Waals surface area contributed by atoms with Gasteiger partial charge in [-0.1, -0.05) is 43.0 Å². The summed E-state index contributed by atoms with van der Waals surface area (Å²) >= 11 is 0. The van der Waals surface area contributed by atoms with Gasteiger partial charge in [0.05, 0.1) is 12.2 Å². The second-order valence-corrected chi connectivity index (χ2v) is 11.2. The molecule has 0 aliphatic carbocycles. The lowest BCUT2D eigenvalue weighted by Crippen LogP contribution is -2.56. The van der Waals surface area contributed by atoms with Gasteiger partial charge in [-0.2, -0.15) is 9.97 Å². The molecule has 9 nitrogen and oxygen atoms in total. The first kappa shape index (κ1) is 27.0. The van der Waals surface area contributed by atoms with E-state index >= 15 is 0 Å². The van der Waals surface area contributed by atoms with Gasteiger partial charge in [-0.25, -0.2) is 6.57 Å². The maximum Gasteiger partial charge on any atom is 0.318 e. The van der Waals surface area contributed by atoms with E-state index in [0.29, 0.717) is 44.8 Å². The van der Waals surface area contributed by atoms with Crippen LogP contribution < -0.4 is 14.5 Å². The molecule has 2 saturated heterocycles. The van der Waals surface area contributed by atoms with E-state index in [4.69, 9.17) is 21.3 Å². The average molecular weight is 552 g/mol. The molecular weight excluding hydrogens is 514 g/mol. The SMILES string of the molecule is [C-]#[N+]CC1CN(C(=O)C=C)CCN1c1nc(OC[C@@H]2CCCN2C)nc2c1CCN(c1cccc3ccccc13)C2. The van der Waals surface area contributed by atoms with Gasteiger partial charge in [0.2, 0.25) is 12.5 Å². The number of aromatic nitrogens is 2. The van der Waals surface area contributed by atoms with Gasteiger partial charge in [0, 0.05) is 48.9 Å². The van der Waals surface area contributed by atoms with Crippen molar-refractivity contribution in [3.8, 4) is 6.01 Å². The largest absolute Gasteiger partial charge is 0.462 e. The highest BCUT2D eigenvalue weighted by Crippen LogP contribution is 2.35. The Morgan fingerprint density at radius 3 is 2.78 bits per heavy atom. The van der Waals surface area contributed by atoms with Gasteiger partial charge >= 0.3 is 6.01 Å². The van der Waals surface area contributed by atoms with E-state index < -0.39 is 0 Å². The minimum Gasteiger partial charge on any atom is -0.462 e. The number of amides is 1. The zero-order chi connectivity index (χ0) is 28.3. The van der Waals surface area contributed by atoms with Gasteiger partial charge in [0.25, 0.3) is 0 Å². The van der Waals surface area contributed by atoms with Crippen LogP contribution in [0, 0.1) is 6.57 Å². The molecular formula is C32H37N7O2. The normalized spacial score (nSPS) is 21.0. The average Bonchev–Trinajstić information content (AvgIpc) is 3.43. The van der Waals surface area contributed by atoms with Gasteiger partial charge in [-0.05, 0) is 50.4 Å². The molecule has 212 valence electrons. The Hall–Kier alpha value is -4.16. The summed E-state index contributed by atoms with van der Waals surface area (Å²) in [6.45, 7) is 16.3. The molecule has 0 N–H and O–H groups in total. The zero-order valence-electron chi connectivity index (χ0n) is 23.7. The topological polar surface area (TPSA) is 69.4 Å². The Kier molecular flexibility index (Phi) is 7.75. The first-order valence-corrected chi connectivity index (χ1v) is 14.5. The van der Waals surface area contributed by atoms with Gasteiger partial charge < -0.3 is 29.2 Å². The summed E-state index contributed by atoms with van der Waals surface area (Å²) in [5.41, 5.74) is 3.28. The molecule has 2 atom stereocenters. The Labute approximate surface area is 241 Å². The van der Waals surface area contributed by atoms with Crippen LogP contribution in [0.15, 0.2) is 55.1 Å². The number of benzene rings is 2. The van der Waals surface area contributed by atoms with Crippen molar-refractivity contribution in [2.75, 3.05) is 62.7 Å². The van der Waals surface area contributed by atoms with Crippen LogP contribution in [0.1, 0.15) is 24.1 Å². The lowest BCUT2D eigenvalue weighted by Gasteiger charge is -2.41. The fourth-order valence-electron chi connectivity index (χ4n) is 6.47. The summed E-state index contributed by atoms with van der Waals surface area (Å²) in [6.07, 6.45) is 4.42. The minimum absolute atomic E-state index is 0.0974. The summed E-state index contributed by atoms with van der Waals surface area (Å²) < 4.78 is 6.29. The van der Waals surface area contributed by atoms with Crippen LogP contribution in [0.2, 0.25) is 0 Å². The number of nitrogens with zero attached hydrogens (tertiary/aromatic N) is 7. The predicted molar refractivity (Wildman–Crippen MR) is 161 cm³/mol. The summed E-state index contributed by atoms with van der Waals surface area (Å²) in [4.78, 5) is 34.8. The summed E-state index contributed by atoms with van der Waals surface area (Å²) in [6, 6.07) is 15.5. The highest BCUT2D eigenvalue weighted by Gasteiger charge is 2.35. The van der Waals surface area contributed by atoms with Crippen LogP contribution in [-0.2, 0) is 17.8 Å². The number of carbonyl (C=O) groups is 1. The number of fused-ring (bicyclic) bond motifs is 2. The van der Waals surface area contributed by atoms with Crippen LogP contribution in [0.25, 0.3) is 15.6 Å². The van der Waals surface area contributed by atoms with E-state index in [1.165, 1.54) is 29.0 Å². The summed E-state index contributed by atoms with van der Waals surface area (Å²) in [7, 11) is 2.14. The molecule has 3 aliphatic heterocycles. The number of hydrogen-bond acceptors (Lipinski definition) is 7. The van der Waals surface area contributed by atoms with Gasteiger partial charge in [0.1, 0.15) is 18.5 Å². The summed E-state index contributed by atoms with van der Waals surface area (Å²) in [5, 5.41) is 2.45. The number of likely N-dealkylation sites (N-methyl/N-ethyl adjacent to an activating group) is 1. The fraction of sp³-hybridized carbons (Fsp3) is 0.438. The van der Waals surface area contributed by atoms with Crippen LogP contribution in [0.3, 0.4) is 0 Å². The van der Waals surface area contributed by atoms with Crippen molar-refractivity contribution in [3.63, 3.8) is 0 Å². The number of likely N-dealkylation sites (tertiary alicyclic amines) is 1. The van der Waals surface area contributed by atoms with Crippen molar-refractivity contribution < 1.29 is 9.53 Å². The van der Waals surface area contributed by atoms with Crippen LogP contribution >= 0.6 is 0 Å². The van der Waals surface area contributed by atoms with Crippen molar-refractivity contribution in [1.82, 2.24) is 19.8 Å². The van der Waals surface area contributed by atoms with Gasteiger partial charge in [-0.15, -0.1) is 0 Å².